The summed E-state index contributed by atoms with van der Waals surface area (Å²) < 4.78 is 28.8. The fourth-order valence-corrected chi connectivity index (χ4v) is 1.93. The Kier molecular flexibility index (Phi) is 9.42. The van der Waals surface area contributed by atoms with Gasteiger partial charge in [-0.1, -0.05) is 0 Å². The van der Waals surface area contributed by atoms with Gasteiger partial charge in [0.1, 0.15) is 11.5 Å². The molecule has 0 saturated carbocycles. The Morgan fingerprint density at radius 3 is 1.83 bits per heavy atom. The van der Waals surface area contributed by atoms with Crippen LogP contribution in [0, 0.1) is 0 Å². The molecule has 0 amide bonds. The molecule has 0 fully saturated rings. The van der Waals surface area contributed by atoms with Gasteiger partial charge in [-0.25, -0.2) is 9.59 Å². The Morgan fingerprint density at radius 2 is 1.34 bits per heavy atom. The van der Waals surface area contributed by atoms with Gasteiger partial charge in [0.2, 0.25) is 12.1 Å². The minimum absolute atomic E-state index is 0.0969. The third kappa shape index (κ3) is 8.07. The fourth-order valence-electron chi connectivity index (χ4n) is 1.93. The summed E-state index contributed by atoms with van der Waals surface area (Å²) in [7, 11) is 2.48. The molecule has 0 bridgehead atoms. The van der Waals surface area contributed by atoms with Crippen molar-refractivity contribution in [3.05, 3.63) is 23.8 Å². The Balaban J connectivity index is 3.09. The van der Waals surface area contributed by atoms with Crippen LogP contribution in [-0.4, -0.2) is 63.4 Å². The number of carbonyl (C=O) groups excluding carboxylic acids is 5. The number of hydrogen-bond donors (Lipinski definition) is 0. The number of hydrogen-bond acceptors (Lipinski definition) is 11. The Labute approximate surface area is 165 Å². The predicted molar refractivity (Wildman–Crippen MR) is 93.1 cm³/mol. The van der Waals surface area contributed by atoms with Gasteiger partial charge < -0.3 is 28.4 Å². The Bertz CT molecular complexity index is 780. The highest BCUT2D eigenvalue weighted by Crippen LogP contribution is 2.27. The van der Waals surface area contributed by atoms with Crippen molar-refractivity contribution in [1.82, 2.24) is 0 Å². The standard InChI is InChI=1S/C18H20O11/c1-10(19)26-8-15(21)28-12-5-6-13(17(23)18(24-3)25-4)14(7-12)29-16(22)9-27-11(2)20/h5-7,18H,8-9H2,1-4H3. The van der Waals surface area contributed by atoms with Crippen LogP contribution in [-0.2, 0) is 38.1 Å². The van der Waals surface area contributed by atoms with E-state index in [0.717, 1.165) is 19.9 Å². The first kappa shape index (κ1) is 23.7. The average Bonchev–Trinajstić information content (AvgIpc) is 2.66. The van der Waals surface area contributed by atoms with Gasteiger partial charge in [-0.15, -0.1) is 0 Å². The maximum absolute atomic E-state index is 12.5. The summed E-state index contributed by atoms with van der Waals surface area (Å²) >= 11 is 0. The van der Waals surface area contributed by atoms with Crippen LogP contribution >= 0.6 is 0 Å². The van der Waals surface area contributed by atoms with Crippen LogP contribution in [0.2, 0.25) is 0 Å². The van der Waals surface area contributed by atoms with Crippen molar-refractivity contribution in [2.45, 2.75) is 20.1 Å². The molecule has 29 heavy (non-hydrogen) atoms. The minimum Gasteiger partial charge on any atom is -0.454 e. The van der Waals surface area contributed by atoms with E-state index < -0.39 is 49.2 Å². The second kappa shape index (κ2) is 11.5. The van der Waals surface area contributed by atoms with Gasteiger partial charge in [-0.05, 0) is 12.1 Å². The van der Waals surface area contributed by atoms with E-state index in [9.17, 15) is 24.0 Å². The van der Waals surface area contributed by atoms with Crippen LogP contribution in [0.25, 0.3) is 0 Å². The number of methoxy groups -OCH3 is 2. The molecule has 0 aromatic heterocycles. The van der Waals surface area contributed by atoms with Crippen LogP contribution in [0.5, 0.6) is 11.5 Å². The van der Waals surface area contributed by atoms with Crippen molar-refractivity contribution >= 4 is 29.7 Å². The highest BCUT2D eigenvalue weighted by molar-refractivity contribution is 6.02. The molecule has 0 atom stereocenters. The van der Waals surface area contributed by atoms with Gasteiger partial charge >= 0.3 is 23.9 Å². The fraction of sp³-hybridized carbons (Fsp3) is 0.389. The number of ketones is 1. The predicted octanol–water partition coefficient (Wildman–Crippen LogP) is 0.425. The van der Waals surface area contributed by atoms with Crippen LogP contribution < -0.4 is 9.47 Å². The summed E-state index contributed by atoms with van der Waals surface area (Å²) in [5, 5.41) is 0. The molecule has 11 heteroatoms. The van der Waals surface area contributed by atoms with Crippen molar-refractivity contribution in [2.24, 2.45) is 0 Å². The molecule has 158 valence electrons. The minimum atomic E-state index is -1.28. The van der Waals surface area contributed by atoms with E-state index >= 15 is 0 Å². The van der Waals surface area contributed by atoms with Gasteiger partial charge in [0.05, 0.1) is 5.56 Å². The summed E-state index contributed by atoms with van der Waals surface area (Å²) in [6.45, 7) is 0.897. The van der Waals surface area contributed by atoms with Crippen molar-refractivity contribution in [2.75, 3.05) is 27.4 Å². The molecule has 1 rings (SSSR count). The molecule has 0 heterocycles. The Hall–Kier alpha value is -3.31. The lowest BCUT2D eigenvalue weighted by Crippen LogP contribution is -2.26. The first-order valence-electron chi connectivity index (χ1n) is 8.09. The first-order chi connectivity index (χ1) is 13.7. The smallest absolute Gasteiger partial charge is 0.349 e. The van der Waals surface area contributed by atoms with Crippen LogP contribution in [0.1, 0.15) is 24.2 Å². The van der Waals surface area contributed by atoms with Crippen molar-refractivity contribution in [1.29, 1.82) is 0 Å². The zero-order valence-electron chi connectivity index (χ0n) is 16.2. The van der Waals surface area contributed by atoms with E-state index in [2.05, 4.69) is 9.47 Å². The normalized spacial score (nSPS) is 10.2. The lowest BCUT2D eigenvalue weighted by Gasteiger charge is -2.15. The molecule has 11 nitrogen and oxygen atoms in total. The molecule has 1 aromatic rings. The zero-order valence-corrected chi connectivity index (χ0v) is 16.2. The lowest BCUT2D eigenvalue weighted by molar-refractivity contribution is -0.152. The van der Waals surface area contributed by atoms with Crippen LogP contribution in [0.4, 0.5) is 0 Å². The molecule has 0 aliphatic carbocycles. The zero-order chi connectivity index (χ0) is 22.0. The van der Waals surface area contributed by atoms with Gasteiger partial charge in [0.25, 0.3) is 0 Å². The quantitative estimate of drug-likeness (QED) is 0.228. The molecular weight excluding hydrogens is 392 g/mol. The monoisotopic (exact) mass is 412 g/mol. The number of Topliss-reactive ketones (excluding diaryl/α,β-unsaturated/α-hetero) is 1. The number of benzene rings is 1. The van der Waals surface area contributed by atoms with Crippen LogP contribution in [0.15, 0.2) is 18.2 Å². The van der Waals surface area contributed by atoms with Crippen molar-refractivity contribution in [3.8, 4) is 11.5 Å². The Morgan fingerprint density at radius 1 is 0.828 bits per heavy atom. The van der Waals surface area contributed by atoms with Gasteiger partial charge in [0, 0.05) is 34.1 Å². The molecule has 0 N–H and O–H groups in total. The number of esters is 4. The second-order valence-electron chi connectivity index (χ2n) is 5.33. The summed E-state index contributed by atoms with van der Waals surface area (Å²) in [5.74, 6) is -4.32. The lowest BCUT2D eigenvalue weighted by atomic mass is 10.1. The van der Waals surface area contributed by atoms with Gasteiger partial charge in [0.15, 0.2) is 13.2 Å². The summed E-state index contributed by atoms with van der Waals surface area (Å²) in [6.07, 6.45) is -1.28. The van der Waals surface area contributed by atoms with E-state index in [1.807, 2.05) is 0 Å². The highest BCUT2D eigenvalue weighted by atomic mass is 16.7. The summed E-state index contributed by atoms with van der Waals surface area (Å²) in [4.78, 5) is 57.6. The summed E-state index contributed by atoms with van der Waals surface area (Å²) in [5.41, 5.74) is -0.116. The van der Waals surface area contributed by atoms with Crippen LogP contribution in [0.3, 0.4) is 0 Å². The molecule has 0 radical (unpaired) electrons. The largest absolute Gasteiger partial charge is 0.454 e. The molecule has 0 saturated heterocycles. The van der Waals surface area contributed by atoms with Gasteiger partial charge in [-0.2, -0.15) is 0 Å². The van der Waals surface area contributed by atoms with E-state index in [1.165, 1.54) is 26.4 Å². The third-order valence-corrected chi connectivity index (χ3v) is 3.10. The van der Waals surface area contributed by atoms with E-state index in [1.54, 1.807) is 0 Å². The maximum Gasteiger partial charge on any atom is 0.349 e. The average molecular weight is 412 g/mol. The van der Waals surface area contributed by atoms with Crippen molar-refractivity contribution < 1.29 is 52.4 Å². The molecule has 0 aliphatic rings. The number of carbonyl (C=O) groups is 5. The molecule has 0 aliphatic heterocycles. The van der Waals surface area contributed by atoms with E-state index in [0.29, 0.717) is 0 Å². The molecule has 1 aromatic carbocycles. The maximum atomic E-state index is 12.5. The van der Waals surface area contributed by atoms with E-state index in [-0.39, 0.29) is 17.1 Å². The van der Waals surface area contributed by atoms with Crippen molar-refractivity contribution in [3.63, 3.8) is 0 Å². The molecule has 0 spiro atoms. The molecule has 0 unspecified atom stereocenters. The number of rotatable bonds is 10. The topological polar surface area (TPSA) is 141 Å². The SMILES string of the molecule is COC(OC)C(=O)c1ccc(OC(=O)COC(C)=O)cc1OC(=O)COC(C)=O. The molecular formula is C18H20O11. The highest BCUT2D eigenvalue weighted by Gasteiger charge is 2.25. The number of ether oxygens (including phenoxy) is 6. The summed E-state index contributed by atoms with van der Waals surface area (Å²) in [6, 6.07) is 3.56. The van der Waals surface area contributed by atoms with Gasteiger partial charge in [-0.3, -0.25) is 14.4 Å². The second-order valence-corrected chi connectivity index (χ2v) is 5.33. The first-order valence-corrected chi connectivity index (χ1v) is 8.09. The third-order valence-electron chi connectivity index (χ3n) is 3.10. The van der Waals surface area contributed by atoms with E-state index in [4.69, 9.17) is 18.9 Å².